The summed E-state index contributed by atoms with van der Waals surface area (Å²) < 4.78 is 14.0. The SMILES string of the molecule is CCC(C)C(NC(=O)c1cc(Cl)ccc1F)c1nc2ccccc2[nH]1. The summed E-state index contributed by atoms with van der Waals surface area (Å²) in [5, 5.41) is 3.21. The van der Waals surface area contributed by atoms with Crippen LogP contribution in [0, 0.1) is 11.7 Å². The molecular formula is C19H19ClFN3O. The number of benzene rings is 2. The van der Waals surface area contributed by atoms with Gasteiger partial charge in [0, 0.05) is 5.02 Å². The summed E-state index contributed by atoms with van der Waals surface area (Å²) >= 11 is 5.89. The normalized spacial score (nSPS) is 13.6. The Morgan fingerprint density at radius 2 is 2.08 bits per heavy atom. The number of hydrogen-bond donors (Lipinski definition) is 2. The van der Waals surface area contributed by atoms with E-state index in [2.05, 4.69) is 15.3 Å². The molecular weight excluding hydrogens is 341 g/mol. The van der Waals surface area contributed by atoms with Gasteiger partial charge in [-0.25, -0.2) is 9.37 Å². The zero-order valence-electron chi connectivity index (χ0n) is 14.0. The third-order valence-electron chi connectivity index (χ3n) is 4.37. The van der Waals surface area contributed by atoms with E-state index in [1.165, 1.54) is 18.2 Å². The van der Waals surface area contributed by atoms with Crippen LogP contribution >= 0.6 is 11.6 Å². The van der Waals surface area contributed by atoms with Gasteiger partial charge >= 0.3 is 0 Å². The molecule has 0 aliphatic carbocycles. The Morgan fingerprint density at radius 1 is 1.32 bits per heavy atom. The van der Waals surface area contributed by atoms with Crippen LogP contribution in [0.5, 0.6) is 0 Å². The van der Waals surface area contributed by atoms with E-state index < -0.39 is 11.7 Å². The highest BCUT2D eigenvalue weighted by atomic mass is 35.5. The van der Waals surface area contributed by atoms with Gasteiger partial charge in [0.05, 0.1) is 22.6 Å². The number of rotatable bonds is 5. The van der Waals surface area contributed by atoms with E-state index in [9.17, 15) is 9.18 Å². The number of halogens is 2. The lowest BCUT2D eigenvalue weighted by atomic mass is 9.98. The first-order valence-electron chi connectivity index (χ1n) is 8.20. The molecule has 2 N–H and O–H groups in total. The fraction of sp³-hybridized carbons (Fsp3) is 0.263. The number of nitrogens with one attached hydrogen (secondary N) is 2. The van der Waals surface area contributed by atoms with Crippen LogP contribution in [0.25, 0.3) is 11.0 Å². The van der Waals surface area contributed by atoms with Crippen molar-refractivity contribution >= 4 is 28.5 Å². The van der Waals surface area contributed by atoms with E-state index >= 15 is 0 Å². The van der Waals surface area contributed by atoms with Crippen molar-refractivity contribution in [2.75, 3.05) is 0 Å². The van der Waals surface area contributed by atoms with Crippen molar-refractivity contribution in [1.82, 2.24) is 15.3 Å². The van der Waals surface area contributed by atoms with Crippen LogP contribution in [0.3, 0.4) is 0 Å². The highest BCUT2D eigenvalue weighted by Crippen LogP contribution is 2.25. The van der Waals surface area contributed by atoms with Crippen molar-refractivity contribution in [3.05, 3.63) is 64.7 Å². The van der Waals surface area contributed by atoms with Gasteiger partial charge in [0.2, 0.25) is 0 Å². The maximum Gasteiger partial charge on any atom is 0.254 e. The van der Waals surface area contributed by atoms with Crippen LogP contribution in [0.2, 0.25) is 5.02 Å². The van der Waals surface area contributed by atoms with Gasteiger partial charge in [-0.2, -0.15) is 0 Å². The van der Waals surface area contributed by atoms with Crippen LogP contribution < -0.4 is 5.32 Å². The van der Waals surface area contributed by atoms with E-state index in [1.54, 1.807) is 0 Å². The zero-order chi connectivity index (χ0) is 18.0. The van der Waals surface area contributed by atoms with Crippen molar-refractivity contribution in [3.63, 3.8) is 0 Å². The molecule has 1 aromatic heterocycles. The Kier molecular flexibility index (Phi) is 5.04. The number of carbonyl (C=O) groups excluding carboxylic acids is 1. The molecule has 130 valence electrons. The van der Waals surface area contributed by atoms with Crippen LogP contribution in [-0.4, -0.2) is 15.9 Å². The summed E-state index contributed by atoms with van der Waals surface area (Å²) in [7, 11) is 0. The number of H-pyrrole nitrogens is 1. The molecule has 1 heterocycles. The molecule has 3 aromatic rings. The average molecular weight is 360 g/mol. The third-order valence-corrected chi connectivity index (χ3v) is 4.61. The second kappa shape index (κ2) is 7.23. The van der Waals surface area contributed by atoms with E-state index in [4.69, 9.17) is 11.6 Å². The highest BCUT2D eigenvalue weighted by Gasteiger charge is 2.25. The quantitative estimate of drug-likeness (QED) is 0.682. The molecule has 0 radical (unpaired) electrons. The van der Waals surface area contributed by atoms with E-state index in [0.717, 1.165) is 17.5 Å². The predicted molar refractivity (Wildman–Crippen MR) is 97.2 cm³/mol. The van der Waals surface area contributed by atoms with Crippen LogP contribution in [0.1, 0.15) is 42.5 Å². The Labute approximate surface area is 150 Å². The second-order valence-electron chi connectivity index (χ2n) is 6.10. The largest absolute Gasteiger partial charge is 0.342 e. The van der Waals surface area contributed by atoms with Gasteiger partial charge in [-0.15, -0.1) is 0 Å². The topological polar surface area (TPSA) is 57.8 Å². The van der Waals surface area contributed by atoms with Crippen LogP contribution in [0.15, 0.2) is 42.5 Å². The Morgan fingerprint density at radius 3 is 2.80 bits per heavy atom. The van der Waals surface area contributed by atoms with Gasteiger partial charge in [0.1, 0.15) is 11.6 Å². The summed E-state index contributed by atoms with van der Waals surface area (Å²) in [5.41, 5.74) is 1.65. The van der Waals surface area contributed by atoms with Gasteiger partial charge < -0.3 is 10.3 Å². The van der Waals surface area contributed by atoms with Crippen molar-refractivity contribution in [2.45, 2.75) is 26.3 Å². The van der Waals surface area contributed by atoms with Crippen molar-refractivity contribution in [1.29, 1.82) is 0 Å². The molecule has 0 fully saturated rings. The standard InChI is InChI=1S/C19H19ClFN3O/c1-3-11(2)17(18-22-15-6-4-5-7-16(15)23-18)24-19(25)13-10-12(20)8-9-14(13)21/h4-11,17H,3H2,1-2H3,(H,22,23)(H,24,25). The lowest BCUT2D eigenvalue weighted by Crippen LogP contribution is -2.33. The number of nitrogens with zero attached hydrogens (tertiary/aromatic N) is 1. The second-order valence-corrected chi connectivity index (χ2v) is 6.54. The molecule has 1 amide bonds. The lowest BCUT2D eigenvalue weighted by Gasteiger charge is -2.22. The minimum Gasteiger partial charge on any atom is -0.342 e. The number of imidazole rings is 1. The first-order chi connectivity index (χ1) is 12.0. The summed E-state index contributed by atoms with van der Waals surface area (Å²) in [5.74, 6) is -0.335. The van der Waals surface area contributed by atoms with Crippen LogP contribution in [0.4, 0.5) is 4.39 Å². The summed E-state index contributed by atoms with van der Waals surface area (Å²) in [6.45, 7) is 4.05. The molecule has 0 saturated carbocycles. The predicted octanol–water partition coefficient (Wildman–Crippen LogP) is 4.87. The van der Waals surface area contributed by atoms with Gasteiger partial charge in [-0.05, 0) is 36.2 Å². The first-order valence-corrected chi connectivity index (χ1v) is 8.58. The maximum atomic E-state index is 14.0. The molecule has 0 bridgehead atoms. The van der Waals surface area contributed by atoms with Gasteiger partial charge in [0.15, 0.2) is 0 Å². The molecule has 2 atom stereocenters. The number of aromatic amines is 1. The van der Waals surface area contributed by atoms with Crippen LogP contribution in [-0.2, 0) is 0 Å². The van der Waals surface area contributed by atoms with Crippen molar-refractivity contribution < 1.29 is 9.18 Å². The minimum atomic E-state index is -0.602. The summed E-state index contributed by atoms with van der Waals surface area (Å²) in [6.07, 6.45) is 0.833. The monoisotopic (exact) mass is 359 g/mol. The molecule has 0 spiro atoms. The first kappa shape index (κ1) is 17.4. The molecule has 6 heteroatoms. The zero-order valence-corrected chi connectivity index (χ0v) is 14.8. The number of aromatic nitrogens is 2. The number of carbonyl (C=O) groups is 1. The molecule has 0 aliphatic heterocycles. The molecule has 4 nitrogen and oxygen atoms in total. The smallest absolute Gasteiger partial charge is 0.254 e. The molecule has 2 unspecified atom stereocenters. The fourth-order valence-corrected chi connectivity index (χ4v) is 2.90. The van der Waals surface area contributed by atoms with Crippen molar-refractivity contribution in [2.24, 2.45) is 5.92 Å². The van der Waals surface area contributed by atoms with E-state index in [-0.39, 0.29) is 17.5 Å². The molecule has 25 heavy (non-hydrogen) atoms. The summed E-state index contributed by atoms with van der Waals surface area (Å²) in [4.78, 5) is 20.4. The highest BCUT2D eigenvalue weighted by molar-refractivity contribution is 6.31. The number of amides is 1. The van der Waals surface area contributed by atoms with E-state index in [1.807, 2.05) is 38.1 Å². The number of fused-ring (bicyclic) bond motifs is 1. The average Bonchev–Trinajstić information content (AvgIpc) is 3.04. The fourth-order valence-electron chi connectivity index (χ4n) is 2.73. The molecule has 2 aromatic carbocycles. The molecule has 3 rings (SSSR count). The Balaban J connectivity index is 1.93. The Bertz CT molecular complexity index is 876. The number of hydrogen-bond acceptors (Lipinski definition) is 2. The Hall–Kier alpha value is -2.40. The molecule has 0 saturated heterocycles. The van der Waals surface area contributed by atoms with Gasteiger partial charge in [-0.1, -0.05) is 44.0 Å². The number of para-hydroxylation sites is 2. The van der Waals surface area contributed by atoms with E-state index in [0.29, 0.717) is 10.8 Å². The summed E-state index contributed by atoms with van der Waals surface area (Å²) in [6, 6.07) is 11.2. The van der Waals surface area contributed by atoms with Crippen molar-refractivity contribution in [3.8, 4) is 0 Å². The minimum absolute atomic E-state index is 0.0723. The molecule has 0 aliphatic rings. The van der Waals surface area contributed by atoms with Gasteiger partial charge in [-0.3, -0.25) is 4.79 Å². The maximum absolute atomic E-state index is 14.0. The van der Waals surface area contributed by atoms with Gasteiger partial charge in [0.25, 0.3) is 5.91 Å². The lowest BCUT2D eigenvalue weighted by molar-refractivity contribution is 0.0916. The third kappa shape index (κ3) is 3.66.